The van der Waals surface area contributed by atoms with Gasteiger partial charge in [0.05, 0.1) is 0 Å². The topological polar surface area (TPSA) is 58.2 Å². The molecule has 0 aromatic heterocycles. The molecule has 19 heavy (non-hydrogen) atoms. The third kappa shape index (κ3) is 5.72. The van der Waals surface area contributed by atoms with Crippen molar-refractivity contribution in [3.63, 3.8) is 0 Å². The monoisotopic (exact) mass is 284 g/mol. The fourth-order valence-corrected chi connectivity index (χ4v) is 2.30. The Labute approximate surface area is 116 Å². The molecule has 1 aromatic carbocycles. The molecule has 0 amide bonds. The normalized spacial score (nSPS) is 12.6. The van der Waals surface area contributed by atoms with Crippen molar-refractivity contribution in [2.45, 2.75) is 39.0 Å². The lowest BCUT2D eigenvalue weighted by molar-refractivity contribution is 0.570. The molecular weight excluding hydrogens is 260 g/mol. The first-order chi connectivity index (χ1) is 8.74. The van der Waals surface area contributed by atoms with E-state index in [-0.39, 0.29) is 5.41 Å². The molecule has 1 aromatic rings. The SMILES string of the molecule is CNS(=O)(=O)NCCCc1ccc(C(C)(C)C)cc1. The summed E-state index contributed by atoms with van der Waals surface area (Å²) in [6.07, 6.45) is 1.66. The Balaban J connectivity index is 2.43. The van der Waals surface area contributed by atoms with Crippen LogP contribution in [0.2, 0.25) is 0 Å². The van der Waals surface area contributed by atoms with Crippen molar-refractivity contribution in [2.75, 3.05) is 13.6 Å². The quantitative estimate of drug-likeness (QED) is 0.785. The van der Waals surface area contributed by atoms with Gasteiger partial charge in [-0.05, 0) is 29.4 Å². The van der Waals surface area contributed by atoms with Gasteiger partial charge in [-0.15, -0.1) is 0 Å². The second-order valence-corrected chi connectivity index (χ2v) is 7.36. The van der Waals surface area contributed by atoms with Crippen molar-refractivity contribution in [3.8, 4) is 0 Å². The molecule has 0 unspecified atom stereocenters. The van der Waals surface area contributed by atoms with Gasteiger partial charge in [0.15, 0.2) is 0 Å². The highest BCUT2D eigenvalue weighted by molar-refractivity contribution is 7.87. The van der Waals surface area contributed by atoms with Gasteiger partial charge < -0.3 is 0 Å². The van der Waals surface area contributed by atoms with Crippen LogP contribution < -0.4 is 9.44 Å². The predicted octanol–water partition coefficient (Wildman–Crippen LogP) is 1.97. The smallest absolute Gasteiger partial charge is 0.205 e. The molecule has 2 N–H and O–H groups in total. The molecule has 0 spiro atoms. The summed E-state index contributed by atoms with van der Waals surface area (Å²) in [7, 11) is -1.90. The Morgan fingerprint density at radius 2 is 1.68 bits per heavy atom. The van der Waals surface area contributed by atoms with Crippen LogP contribution in [-0.4, -0.2) is 22.0 Å². The molecule has 0 heterocycles. The predicted molar refractivity (Wildman–Crippen MR) is 79.4 cm³/mol. The summed E-state index contributed by atoms with van der Waals surface area (Å²) in [4.78, 5) is 0. The van der Waals surface area contributed by atoms with Crippen molar-refractivity contribution in [1.29, 1.82) is 0 Å². The molecule has 0 saturated carbocycles. The molecule has 108 valence electrons. The fourth-order valence-electron chi connectivity index (χ4n) is 1.74. The van der Waals surface area contributed by atoms with E-state index in [2.05, 4.69) is 54.5 Å². The highest BCUT2D eigenvalue weighted by Gasteiger charge is 2.12. The number of benzene rings is 1. The van der Waals surface area contributed by atoms with Crippen molar-refractivity contribution < 1.29 is 8.42 Å². The summed E-state index contributed by atoms with van der Waals surface area (Å²) < 4.78 is 27.0. The number of rotatable bonds is 6. The van der Waals surface area contributed by atoms with Crippen LogP contribution in [0.3, 0.4) is 0 Å². The van der Waals surface area contributed by atoms with Crippen molar-refractivity contribution in [2.24, 2.45) is 0 Å². The van der Waals surface area contributed by atoms with Crippen molar-refractivity contribution in [3.05, 3.63) is 35.4 Å². The molecule has 4 nitrogen and oxygen atoms in total. The maximum Gasteiger partial charge on any atom is 0.276 e. The maximum atomic E-state index is 11.1. The largest absolute Gasteiger partial charge is 0.276 e. The number of hydrogen-bond donors (Lipinski definition) is 2. The average molecular weight is 284 g/mol. The van der Waals surface area contributed by atoms with E-state index < -0.39 is 10.2 Å². The molecule has 0 bridgehead atoms. The van der Waals surface area contributed by atoms with Crippen LogP contribution in [0.5, 0.6) is 0 Å². The summed E-state index contributed by atoms with van der Waals surface area (Å²) in [5.41, 5.74) is 2.71. The first kappa shape index (κ1) is 16.1. The fraction of sp³-hybridized carbons (Fsp3) is 0.571. The lowest BCUT2D eigenvalue weighted by atomic mass is 9.86. The van der Waals surface area contributed by atoms with E-state index in [1.54, 1.807) is 0 Å². The van der Waals surface area contributed by atoms with Crippen LogP contribution in [0.25, 0.3) is 0 Å². The first-order valence-electron chi connectivity index (χ1n) is 6.52. The lowest BCUT2D eigenvalue weighted by Crippen LogP contribution is -2.34. The average Bonchev–Trinajstić information content (AvgIpc) is 2.34. The maximum absolute atomic E-state index is 11.1. The van der Waals surface area contributed by atoms with Gasteiger partial charge in [-0.2, -0.15) is 8.42 Å². The Morgan fingerprint density at radius 1 is 1.11 bits per heavy atom. The summed E-state index contributed by atoms with van der Waals surface area (Å²) in [5.74, 6) is 0. The Kier molecular flexibility index (Phi) is 5.52. The summed E-state index contributed by atoms with van der Waals surface area (Å²) in [6, 6.07) is 8.53. The number of nitrogens with one attached hydrogen (secondary N) is 2. The Bertz CT molecular complexity index is 487. The van der Waals surface area contributed by atoms with E-state index >= 15 is 0 Å². The highest BCUT2D eigenvalue weighted by atomic mass is 32.2. The summed E-state index contributed by atoms with van der Waals surface area (Å²) in [5, 5.41) is 0. The zero-order valence-corrected chi connectivity index (χ0v) is 13.0. The lowest BCUT2D eigenvalue weighted by Gasteiger charge is -2.19. The van der Waals surface area contributed by atoms with Gasteiger partial charge in [-0.1, -0.05) is 45.0 Å². The van der Waals surface area contributed by atoms with Gasteiger partial charge >= 0.3 is 0 Å². The van der Waals surface area contributed by atoms with Gasteiger partial charge in [-0.25, -0.2) is 9.44 Å². The zero-order valence-electron chi connectivity index (χ0n) is 12.2. The van der Waals surface area contributed by atoms with Crippen LogP contribution in [0.1, 0.15) is 38.3 Å². The number of hydrogen-bond acceptors (Lipinski definition) is 2. The minimum absolute atomic E-state index is 0.168. The van der Waals surface area contributed by atoms with E-state index in [4.69, 9.17) is 0 Å². The zero-order chi connectivity index (χ0) is 14.5. The first-order valence-corrected chi connectivity index (χ1v) is 8.00. The Morgan fingerprint density at radius 3 is 2.16 bits per heavy atom. The molecule has 0 radical (unpaired) electrons. The second-order valence-electron chi connectivity index (χ2n) is 5.65. The molecule has 0 aliphatic heterocycles. The molecule has 0 saturated heterocycles. The van der Waals surface area contributed by atoms with Crippen LogP contribution >= 0.6 is 0 Å². The molecule has 0 aliphatic rings. The van der Waals surface area contributed by atoms with E-state index in [0.717, 1.165) is 12.8 Å². The van der Waals surface area contributed by atoms with Crippen LogP contribution in [0.4, 0.5) is 0 Å². The van der Waals surface area contributed by atoms with Crippen molar-refractivity contribution in [1.82, 2.24) is 9.44 Å². The molecule has 0 atom stereocenters. The van der Waals surface area contributed by atoms with Gasteiger partial charge in [0.2, 0.25) is 0 Å². The van der Waals surface area contributed by atoms with E-state index in [1.807, 2.05) is 0 Å². The highest BCUT2D eigenvalue weighted by Crippen LogP contribution is 2.22. The van der Waals surface area contributed by atoms with E-state index in [0.29, 0.717) is 6.54 Å². The summed E-state index contributed by atoms with van der Waals surface area (Å²) in [6.45, 7) is 7.02. The van der Waals surface area contributed by atoms with Gasteiger partial charge in [0, 0.05) is 13.6 Å². The minimum atomic E-state index is -3.30. The molecule has 0 fully saturated rings. The minimum Gasteiger partial charge on any atom is -0.205 e. The molecule has 1 rings (SSSR count). The number of aryl methyl sites for hydroxylation is 1. The van der Waals surface area contributed by atoms with Crippen LogP contribution in [-0.2, 0) is 22.0 Å². The standard InChI is InChI=1S/C14H24N2O2S/c1-14(2,3)13-9-7-12(8-10-13)6-5-11-16-19(17,18)15-4/h7-10,15-16H,5-6,11H2,1-4H3. The van der Waals surface area contributed by atoms with Crippen LogP contribution in [0.15, 0.2) is 24.3 Å². The molecular formula is C14H24N2O2S. The van der Waals surface area contributed by atoms with E-state index in [9.17, 15) is 8.42 Å². The van der Waals surface area contributed by atoms with E-state index in [1.165, 1.54) is 18.2 Å². The molecule has 5 heteroatoms. The third-order valence-electron chi connectivity index (χ3n) is 3.02. The van der Waals surface area contributed by atoms with Gasteiger partial charge in [-0.3, -0.25) is 0 Å². The Hall–Kier alpha value is -0.910. The second kappa shape index (κ2) is 6.50. The van der Waals surface area contributed by atoms with Crippen LogP contribution in [0, 0.1) is 0 Å². The summed E-state index contributed by atoms with van der Waals surface area (Å²) >= 11 is 0. The van der Waals surface area contributed by atoms with Crippen molar-refractivity contribution >= 4 is 10.2 Å². The van der Waals surface area contributed by atoms with Gasteiger partial charge in [0.1, 0.15) is 0 Å². The molecule has 0 aliphatic carbocycles. The van der Waals surface area contributed by atoms with Gasteiger partial charge in [0.25, 0.3) is 10.2 Å². The third-order valence-corrected chi connectivity index (χ3v) is 4.14.